The lowest BCUT2D eigenvalue weighted by atomic mass is 10.5. The van der Waals surface area contributed by atoms with Crippen LogP contribution in [-0.2, 0) is 10.2 Å². The summed E-state index contributed by atoms with van der Waals surface area (Å²) < 4.78 is 23.4. The largest absolute Gasteiger partial charge is 0.299 e. The Morgan fingerprint density at radius 3 is 2.54 bits per heavy atom. The monoisotopic (exact) mass is 265 g/mol. The second-order valence-electron chi connectivity index (χ2n) is 2.35. The van der Waals surface area contributed by atoms with E-state index in [0.29, 0.717) is 0 Å². The molecule has 0 radical (unpaired) electrons. The minimum atomic E-state index is -3.71. The number of hydrogen-bond donors (Lipinski definition) is 1. The molecule has 0 fully saturated rings. The first kappa shape index (κ1) is 10.4. The molecule has 7 heteroatoms. The molecule has 2 N–H and O–H groups in total. The van der Waals surface area contributed by atoms with Crippen molar-refractivity contribution in [3.63, 3.8) is 0 Å². The third-order valence-electron chi connectivity index (χ3n) is 1.42. The van der Waals surface area contributed by atoms with Crippen LogP contribution in [0, 0.1) is 0 Å². The molecule has 1 aromatic heterocycles. The average Bonchev–Trinajstić information content (AvgIpc) is 2.03. The molecule has 0 spiro atoms. The van der Waals surface area contributed by atoms with Gasteiger partial charge in [-0.05, 0) is 28.1 Å². The van der Waals surface area contributed by atoms with Gasteiger partial charge in [0.25, 0.3) is 10.2 Å². The van der Waals surface area contributed by atoms with Gasteiger partial charge >= 0.3 is 0 Å². The van der Waals surface area contributed by atoms with E-state index in [9.17, 15) is 8.42 Å². The number of halogens is 1. The van der Waals surface area contributed by atoms with E-state index in [1.165, 1.54) is 13.2 Å². The zero-order valence-electron chi connectivity index (χ0n) is 6.81. The molecule has 0 atom stereocenters. The molecule has 0 unspecified atom stereocenters. The van der Waals surface area contributed by atoms with Crippen molar-refractivity contribution in [1.29, 1.82) is 0 Å². The van der Waals surface area contributed by atoms with Crippen molar-refractivity contribution < 1.29 is 8.42 Å². The molecule has 0 bridgehead atoms. The van der Waals surface area contributed by atoms with Gasteiger partial charge in [-0.1, -0.05) is 0 Å². The molecule has 0 saturated carbocycles. The molecule has 1 rings (SSSR count). The highest BCUT2D eigenvalue weighted by molar-refractivity contribution is 9.10. The lowest BCUT2D eigenvalue weighted by Crippen LogP contribution is -2.33. The molecule has 5 nitrogen and oxygen atoms in total. The molecule has 0 saturated heterocycles. The number of anilines is 1. The number of nitrogens with two attached hydrogens (primary N) is 1. The summed E-state index contributed by atoms with van der Waals surface area (Å²) in [7, 11) is -2.37. The van der Waals surface area contributed by atoms with E-state index >= 15 is 0 Å². The van der Waals surface area contributed by atoms with E-state index in [1.54, 1.807) is 12.1 Å². The van der Waals surface area contributed by atoms with Crippen LogP contribution in [0.4, 0.5) is 5.82 Å². The van der Waals surface area contributed by atoms with Crippen LogP contribution in [0.2, 0.25) is 0 Å². The van der Waals surface area contributed by atoms with E-state index in [2.05, 4.69) is 20.9 Å². The number of rotatable bonds is 2. The molecule has 0 aromatic carbocycles. The van der Waals surface area contributed by atoms with Crippen molar-refractivity contribution in [2.75, 3.05) is 11.4 Å². The van der Waals surface area contributed by atoms with Gasteiger partial charge < -0.3 is 0 Å². The molecule has 1 heterocycles. The summed E-state index contributed by atoms with van der Waals surface area (Å²) in [5, 5.41) is 4.90. The summed E-state index contributed by atoms with van der Waals surface area (Å²) in [6.07, 6.45) is 1.50. The zero-order valence-corrected chi connectivity index (χ0v) is 9.21. The summed E-state index contributed by atoms with van der Waals surface area (Å²) in [5.41, 5.74) is 0. The lowest BCUT2D eigenvalue weighted by molar-refractivity contribution is 0.595. The van der Waals surface area contributed by atoms with Crippen LogP contribution < -0.4 is 9.44 Å². The predicted octanol–water partition coefficient (Wildman–Crippen LogP) is 0.484. The average molecular weight is 266 g/mol. The third kappa shape index (κ3) is 2.64. The fourth-order valence-electron chi connectivity index (χ4n) is 0.685. The highest BCUT2D eigenvalue weighted by Gasteiger charge is 2.12. The Labute approximate surface area is 84.9 Å². The second kappa shape index (κ2) is 3.60. The third-order valence-corrected chi connectivity index (χ3v) is 2.84. The van der Waals surface area contributed by atoms with E-state index < -0.39 is 10.2 Å². The normalized spacial score (nSPS) is 11.3. The van der Waals surface area contributed by atoms with Crippen molar-refractivity contribution in [2.45, 2.75) is 0 Å². The summed E-state index contributed by atoms with van der Waals surface area (Å²) in [6.45, 7) is 0. The highest BCUT2D eigenvalue weighted by Crippen LogP contribution is 2.14. The van der Waals surface area contributed by atoms with Crippen LogP contribution in [0.1, 0.15) is 0 Å². The summed E-state index contributed by atoms with van der Waals surface area (Å²) in [6, 6.07) is 3.23. The number of aromatic nitrogens is 1. The molecule has 0 aliphatic rings. The maximum Gasteiger partial charge on any atom is 0.299 e. The Balaban J connectivity index is 3.04. The second-order valence-corrected chi connectivity index (χ2v) is 4.84. The van der Waals surface area contributed by atoms with Gasteiger partial charge in [0, 0.05) is 17.7 Å². The van der Waals surface area contributed by atoms with Crippen molar-refractivity contribution >= 4 is 32.0 Å². The fraction of sp³-hybridized carbons (Fsp3) is 0.167. The Morgan fingerprint density at radius 2 is 2.15 bits per heavy atom. The van der Waals surface area contributed by atoms with Crippen LogP contribution in [0.5, 0.6) is 0 Å². The van der Waals surface area contributed by atoms with Gasteiger partial charge in [0.1, 0.15) is 5.82 Å². The van der Waals surface area contributed by atoms with Gasteiger partial charge in [-0.25, -0.2) is 14.4 Å². The number of pyridine rings is 1. The topological polar surface area (TPSA) is 76.3 Å². The zero-order chi connectivity index (χ0) is 10.1. The smallest absolute Gasteiger partial charge is 0.244 e. The Hall–Kier alpha value is -0.660. The maximum absolute atomic E-state index is 10.9. The van der Waals surface area contributed by atoms with Crippen LogP contribution in [0.15, 0.2) is 22.8 Å². The molecule has 1 aromatic rings. The van der Waals surface area contributed by atoms with Crippen molar-refractivity contribution in [3.8, 4) is 0 Å². The van der Waals surface area contributed by atoms with E-state index in [1.807, 2.05) is 0 Å². The van der Waals surface area contributed by atoms with E-state index in [4.69, 9.17) is 5.14 Å². The van der Waals surface area contributed by atoms with E-state index in [0.717, 1.165) is 8.78 Å². The Morgan fingerprint density at radius 1 is 1.54 bits per heavy atom. The van der Waals surface area contributed by atoms with Gasteiger partial charge in [-0.15, -0.1) is 0 Å². The molecule has 13 heavy (non-hydrogen) atoms. The number of hydrogen-bond acceptors (Lipinski definition) is 3. The summed E-state index contributed by atoms with van der Waals surface area (Å²) in [5.74, 6) is 0.283. The van der Waals surface area contributed by atoms with Gasteiger partial charge in [-0.2, -0.15) is 8.42 Å². The van der Waals surface area contributed by atoms with Gasteiger partial charge in [0.15, 0.2) is 0 Å². The molecule has 72 valence electrons. The Kier molecular flexibility index (Phi) is 2.89. The summed E-state index contributed by atoms with van der Waals surface area (Å²) in [4.78, 5) is 3.86. The van der Waals surface area contributed by atoms with Crippen molar-refractivity contribution in [1.82, 2.24) is 4.98 Å². The standard InChI is InChI=1S/C6H8BrN3O2S/c1-10(13(8,11)12)6-3-2-5(7)4-9-6/h2-4H,1H3,(H2,8,11,12). The van der Waals surface area contributed by atoms with E-state index in [-0.39, 0.29) is 5.82 Å². The molecular weight excluding hydrogens is 258 g/mol. The minimum absolute atomic E-state index is 0.283. The first-order valence-electron chi connectivity index (χ1n) is 3.29. The lowest BCUT2D eigenvalue weighted by Gasteiger charge is -2.14. The van der Waals surface area contributed by atoms with Gasteiger partial charge in [0.2, 0.25) is 0 Å². The van der Waals surface area contributed by atoms with Gasteiger partial charge in [-0.3, -0.25) is 0 Å². The molecular formula is C6H8BrN3O2S. The Bertz CT molecular complexity index is 389. The first-order chi connectivity index (χ1) is 5.91. The summed E-state index contributed by atoms with van der Waals surface area (Å²) >= 11 is 3.18. The SMILES string of the molecule is CN(c1ccc(Br)cn1)S(N)(=O)=O. The molecule has 0 amide bonds. The van der Waals surface area contributed by atoms with Crippen LogP contribution in [-0.4, -0.2) is 20.4 Å². The van der Waals surface area contributed by atoms with Crippen molar-refractivity contribution in [2.24, 2.45) is 5.14 Å². The van der Waals surface area contributed by atoms with Crippen molar-refractivity contribution in [3.05, 3.63) is 22.8 Å². The fourth-order valence-corrected chi connectivity index (χ4v) is 1.29. The highest BCUT2D eigenvalue weighted by atomic mass is 79.9. The number of nitrogens with zero attached hydrogens (tertiary/aromatic N) is 2. The first-order valence-corrected chi connectivity index (χ1v) is 5.59. The van der Waals surface area contributed by atoms with Crippen LogP contribution >= 0.6 is 15.9 Å². The minimum Gasteiger partial charge on any atom is -0.244 e. The van der Waals surface area contributed by atoms with Crippen LogP contribution in [0.25, 0.3) is 0 Å². The molecule has 0 aliphatic carbocycles. The maximum atomic E-state index is 10.9. The molecule has 0 aliphatic heterocycles. The van der Waals surface area contributed by atoms with Crippen LogP contribution in [0.3, 0.4) is 0 Å². The quantitative estimate of drug-likeness (QED) is 0.846. The predicted molar refractivity (Wildman–Crippen MR) is 53.4 cm³/mol. The van der Waals surface area contributed by atoms with Gasteiger partial charge in [0.05, 0.1) is 0 Å².